The minimum Gasteiger partial charge on any atom is -0.350 e. The van der Waals surface area contributed by atoms with Gasteiger partial charge in [-0.05, 0) is 6.07 Å². The molecule has 96 valence electrons. The number of H-pyrrole nitrogens is 1. The van der Waals surface area contributed by atoms with E-state index in [0.717, 1.165) is 5.82 Å². The number of nitrogens with one attached hydrogen (secondary N) is 2. The molecule has 0 saturated carbocycles. The minimum absolute atomic E-state index is 0.210. The van der Waals surface area contributed by atoms with Gasteiger partial charge in [-0.25, -0.2) is 4.98 Å². The zero-order valence-corrected chi connectivity index (χ0v) is 11.2. The summed E-state index contributed by atoms with van der Waals surface area (Å²) < 4.78 is 1.55. The highest BCUT2D eigenvalue weighted by molar-refractivity contribution is 6.41. The smallest absolute Gasteiger partial charge is 0.268 e. The predicted molar refractivity (Wildman–Crippen MR) is 70.1 cm³/mol. The Bertz CT molecular complexity index is 548. The van der Waals surface area contributed by atoms with E-state index in [4.69, 9.17) is 23.2 Å². The van der Waals surface area contributed by atoms with Crippen LogP contribution in [0.25, 0.3) is 0 Å². The van der Waals surface area contributed by atoms with Crippen LogP contribution in [-0.2, 0) is 13.5 Å². The van der Waals surface area contributed by atoms with Gasteiger partial charge in [0.1, 0.15) is 16.7 Å². The number of hydrogen-bond acceptors (Lipinski definition) is 2. The molecule has 2 aromatic heterocycles. The Hall–Kier alpha value is -1.46. The molecule has 0 spiro atoms. The molecule has 0 bridgehead atoms. The highest BCUT2D eigenvalue weighted by Crippen LogP contribution is 2.24. The lowest BCUT2D eigenvalue weighted by atomic mass is 10.3. The molecule has 0 saturated heterocycles. The molecular weight excluding hydrogens is 275 g/mol. The summed E-state index contributed by atoms with van der Waals surface area (Å²) >= 11 is 11.7. The van der Waals surface area contributed by atoms with E-state index in [0.29, 0.717) is 28.8 Å². The second-order valence-electron chi connectivity index (χ2n) is 3.77. The molecule has 0 aromatic carbocycles. The lowest BCUT2D eigenvalue weighted by Gasteiger charge is -2.05. The van der Waals surface area contributed by atoms with E-state index in [1.54, 1.807) is 30.1 Å². The SMILES string of the molecule is Cn1c(C(=O)NCCc2ncc[nH]2)cc(Cl)c1Cl. The van der Waals surface area contributed by atoms with Gasteiger partial charge in [-0.2, -0.15) is 0 Å². The number of aromatic amines is 1. The highest BCUT2D eigenvalue weighted by Gasteiger charge is 2.15. The van der Waals surface area contributed by atoms with Crippen LogP contribution in [0.3, 0.4) is 0 Å². The van der Waals surface area contributed by atoms with Gasteiger partial charge in [0.15, 0.2) is 0 Å². The maximum atomic E-state index is 11.9. The van der Waals surface area contributed by atoms with E-state index in [1.165, 1.54) is 0 Å². The predicted octanol–water partition coefficient (Wildman–Crippen LogP) is 2.03. The minimum atomic E-state index is -0.210. The molecule has 18 heavy (non-hydrogen) atoms. The Morgan fingerprint density at radius 2 is 2.33 bits per heavy atom. The van der Waals surface area contributed by atoms with Crippen LogP contribution >= 0.6 is 23.2 Å². The summed E-state index contributed by atoms with van der Waals surface area (Å²) in [7, 11) is 1.69. The Morgan fingerprint density at radius 3 is 2.89 bits per heavy atom. The number of rotatable bonds is 4. The summed E-state index contributed by atoms with van der Waals surface area (Å²) in [5, 5.41) is 3.51. The van der Waals surface area contributed by atoms with E-state index < -0.39 is 0 Å². The van der Waals surface area contributed by atoms with Gasteiger partial charge in [0, 0.05) is 32.4 Å². The maximum absolute atomic E-state index is 11.9. The van der Waals surface area contributed by atoms with Crippen LogP contribution in [0.4, 0.5) is 0 Å². The number of amides is 1. The van der Waals surface area contributed by atoms with Crippen LogP contribution in [0.5, 0.6) is 0 Å². The van der Waals surface area contributed by atoms with Crippen molar-refractivity contribution in [2.45, 2.75) is 6.42 Å². The van der Waals surface area contributed by atoms with Gasteiger partial charge in [-0.3, -0.25) is 4.79 Å². The number of carbonyl (C=O) groups is 1. The zero-order valence-electron chi connectivity index (χ0n) is 9.70. The molecular formula is C11H12Cl2N4O. The van der Waals surface area contributed by atoms with E-state index in [2.05, 4.69) is 15.3 Å². The molecule has 0 unspecified atom stereocenters. The van der Waals surface area contributed by atoms with Gasteiger partial charge in [0.2, 0.25) is 0 Å². The topological polar surface area (TPSA) is 62.7 Å². The fourth-order valence-corrected chi connectivity index (χ4v) is 1.96. The van der Waals surface area contributed by atoms with Crippen molar-refractivity contribution in [1.82, 2.24) is 19.9 Å². The summed E-state index contributed by atoms with van der Waals surface area (Å²) in [6.45, 7) is 0.493. The highest BCUT2D eigenvalue weighted by atomic mass is 35.5. The van der Waals surface area contributed by atoms with Gasteiger partial charge in [-0.1, -0.05) is 23.2 Å². The van der Waals surface area contributed by atoms with Gasteiger partial charge < -0.3 is 14.9 Å². The number of halogens is 2. The van der Waals surface area contributed by atoms with E-state index in [-0.39, 0.29) is 5.91 Å². The van der Waals surface area contributed by atoms with Crippen molar-refractivity contribution in [2.75, 3.05) is 6.54 Å². The number of nitrogens with zero attached hydrogens (tertiary/aromatic N) is 2. The number of carbonyl (C=O) groups excluding carboxylic acids is 1. The van der Waals surface area contributed by atoms with Gasteiger partial charge in [-0.15, -0.1) is 0 Å². The molecule has 0 aliphatic rings. The van der Waals surface area contributed by atoms with Crippen molar-refractivity contribution >= 4 is 29.1 Å². The summed E-state index contributed by atoms with van der Waals surface area (Å²) in [6, 6.07) is 1.55. The normalized spacial score (nSPS) is 10.6. The molecule has 0 aliphatic heterocycles. The van der Waals surface area contributed by atoms with Crippen molar-refractivity contribution < 1.29 is 4.79 Å². The van der Waals surface area contributed by atoms with E-state index >= 15 is 0 Å². The third-order valence-electron chi connectivity index (χ3n) is 2.55. The molecule has 0 radical (unpaired) electrons. The van der Waals surface area contributed by atoms with Crippen molar-refractivity contribution in [3.05, 3.63) is 40.2 Å². The Labute approximate surface area is 114 Å². The van der Waals surface area contributed by atoms with Crippen LogP contribution in [0.1, 0.15) is 16.3 Å². The number of imidazole rings is 1. The molecule has 2 rings (SSSR count). The third-order valence-corrected chi connectivity index (χ3v) is 3.39. The summed E-state index contributed by atoms with van der Waals surface area (Å²) in [5.74, 6) is 0.621. The van der Waals surface area contributed by atoms with Crippen LogP contribution in [0, 0.1) is 0 Å². The molecule has 5 nitrogen and oxygen atoms in total. The summed E-state index contributed by atoms with van der Waals surface area (Å²) in [6.07, 6.45) is 4.06. The van der Waals surface area contributed by atoms with Crippen LogP contribution in [0.15, 0.2) is 18.5 Å². The first-order chi connectivity index (χ1) is 8.59. The maximum Gasteiger partial charge on any atom is 0.268 e. The molecule has 2 heterocycles. The standard InChI is InChI=1S/C11H12Cl2N4O/c1-17-8(6-7(12)10(17)13)11(18)16-3-2-9-14-4-5-15-9/h4-6H,2-3H2,1H3,(H,14,15)(H,16,18). The van der Waals surface area contributed by atoms with Crippen molar-refractivity contribution in [1.29, 1.82) is 0 Å². The molecule has 0 aliphatic carbocycles. The fourth-order valence-electron chi connectivity index (χ4n) is 1.58. The van der Waals surface area contributed by atoms with Crippen LogP contribution < -0.4 is 5.32 Å². The summed E-state index contributed by atoms with van der Waals surface area (Å²) in [4.78, 5) is 18.9. The Kier molecular flexibility index (Phi) is 3.93. The zero-order chi connectivity index (χ0) is 13.1. The van der Waals surface area contributed by atoms with Crippen LogP contribution in [-0.4, -0.2) is 27.0 Å². The Balaban J connectivity index is 1.93. The molecule has 2 aromatic rings. The van der Waals surface area contributed by atoms with Crippen molar-refractivity contribution in [2.24, 2.45) is 7.05 Å². The third kappa shape index (κ3) is 2.68. The first-order valence-electron chi connectivity index (χ1n) is 5.36. The average Bonchev–Trinajstić information content (AvgIpc) is 2.94. The lowest BCUT2D eigenvalue weighted by molar-refractivity contribution is 0.0946. The molecule has 1 amide bonds. The van der Waals surface area contributed by atoms with E-state index in [1.807, 2.05) is 0 Å². The molecule has 0 atom stereocenters. The van der Waals surface area contributed by atoms with Crippen molar-refractivity contribution in [3.8, 4) is 0 Å². The second-order valence-corrected chi connectivity index (χ2v) is 4.53. The monoisotopic (exact) mass is 286 g/mol. The van der Waals surface area contributed by atoms with E-state index in [9.17, 15) is 4.79 Å². The van der Waals surface area contributed by atoms with Gasteiger partial charge in [0.25, 0.3) is 5.91 Å². The molecule has 7 heteroatoms. The van der Waals surface area contributed by atoms with Gasteiger partial charge >= 0.3 is 0 Å². The largest absolute Gasteiger partial charge is 0.350 e. The van der Waals surface area contributed by atoms with Crippen molar-refractivity contribution in [3.63, 3.8) is 0 Å². The molecule has 0 fully saturated rings. The number of hydrogen-bond donors (Lipinski definition) is 2. The summed E-state index contributed by atoms with van der Waals surface area (Å²) in [5.41, 5.74) is 0.435. The first kappa shape index (κ1) is 13.0. The van der Waals surface area contributed by atoms with Gasteiger partial charge in [0.05, 0.1) is 5.02 Å². The quantitative estimate of drug-likeness (QED) is 0.903. The fraction of sp³-hybridized carbons (Fsp3) is 0.273. The second kappa shape index (κ2) is 5.46. The molecule has 2 N–H and O–H groups in total. The first-order valence-corrected chi connectivity index (χ1v) is 6.12. The van der Waals surface area contributed by atoms with Crippen LogP contribution in [0.2, 0.25) is 10.2 Å². The lowest BCUT2D eigenvalue weighted by Crippen LogP contribution is -2.27. The average molecular weight is 287 g/mol. The Morgan fingerprint density at radius 1 is 1.56 bits per heavy atom. The number of aromatic nitrogens is 3.